The van der Waals surface area contributed by atoms with E-state index in [0.717, 1.165) is 30.7 Å². The fourth-order valence-electron chi connectivity index (χ4n) is 3.52. The second-order valence-electron chi connectivity index (χ2n) is 6.28. The molecule has 3 N–H and O–H groups in total. The molecule has 0 radical (unpaired) electrons. The van der Waals surface area contributed by atoms with Gasteiger partial charge in [0.15, 0.2) is 0 Å². The molecule has 2 unspecified atom stereocenters. The summed E-state index contributed by atoms with van der Waals surface area (Å²) in [5.41, 5.74) is 8.79. The van der Waals surface area contributed by atoms with Gasteiger partial charge in [-0.2, -0.15) is 0 Å². The van der Waals surface area contributed by atoms with Gasteiger partial charge in [-0.25, -0.2) is 0 Å². The number of hydrogen-bond donors (Lipinski definition) is 2. The van der Waals surface area contributed by atoms with E-state index in [2.05, 4.69) is 12.2 Å². The third-order valence-corrected chi connectivity index (χ3v) is 6.07. The Labute approximate surface area is 124 Å². The summed E-state index contributed by atoms with van der Waals surface area (Å²) in [6.07, 6.45) is 8.93. The van der Waals surface area contributed by atoms with Gasteiger partial charge in [0.1, 0.15) is 0 Å². The minimum Gasteiger partial charge on any atom is -0.328 e. The number of thiophene rings is 1. The number of aryl methyl sites for hydroxylation is 1. The van der Waals surface area contributed by atoms with Crippen molar-refractivity contribution in [3.05, 3.63) is 16.0 Å². The Bertz CT molecular complexity index is 509. The molecule has 2 aliphatic rings. The van der Waals surface area contributed by atoms with Crippen molar-refractivity contribution in [3.8, 4) is 0 Å². The zero-order valence-electron chi connectivity index (χ0n) is 12.2. The van der Waals surface area contributed by atoms with Crippen LogP contribution in [0.3, 0.4) is 0 Å². The quantitative estimate of drug-likeness (QED) is 0.878. The van der Waals surface area contributed by atoms with E-state index in [-0.39, 0.29) is 17.9 Å². The summed E-state index contributed by atoms with van der Waals surface area (Å²) in [4.78, 5) is 13.9. The minimum atomic E-state index is 0.109. The number of carbonyl (C=O) groups is 1. The lowest BCUT2D eigenvalue weighted by Crippen LogP contribution is -2.34. The first-order valence-corrected chi connectivity index (χ1v) is 8.64. The van der Waals surface area contributed by atoms with Crippen molar-refractivity contribution in [1.29, 1.82) is 0 Å². The third kappa shape index (κ3) is 2.77. The number of nitrogens with one attached hydrogen (secondary N) is 1. The molecule has 2 atom stereocenters. The fraction of sp³-hybridized carbons (Fsp3) is 0.688. The summed E-state index contributed by atoms with van der Waals surface area (Å²) in [6.45, 7) is 2.16. The average molecular weight is 292 g/mol. The lowest BCUT2D eigenvalue weighted by Gasteiger charge is -2.25. The number of nitrogens with two attached hydrogens (primary N) is 1. The lowest BCUT2D eigenvalue weighted by atomic mass is 9.85. The van der Waals surface area contributed by atoms with Crippen LogP contribution >= 0.6 is 11.3 Å². The topological polar surface area (TPSA) is 55.1 Å². The number of rotatable bonds is 2. The molecule has 0 saturated heterocycles. The van der Waals surface area contributed by atoms with E-state index in [4.69, 9.17) is 5.73 Å². The smallest absolute Gasteiger partial charge is 0.228 e. The standard InChI is InChI=1S/C16H24N2OS/c1-10-13-7-2-3-8-14(13)20-16(10)18-15(19)11-5-4-6-12(17)9-11/h11-12H,2-9,17H2,1H3,(H,18,19). The second kappa shape index (κ2) is 5.86. The van der Waals surface area contributed by atoms with Crippen molar-refractivity contribution >= 4 is 22.2 Å². The maximum Gasteiger partial charge on any atom is 0.228 e. The highest BCUT2D eigenvalue weighted by atomic mass is 32.1. The van der Waals surface area contributed by atoms with Crippen molar-refractivity contribution in [2.24, 2.45) is 11.7 Å². The van der Waals surface area contributed by atoms with Crippen LogP contribution in [0.4, 0.5) is 5.00 Å². The van der Waals surface area contributed by atoms with Gasteiger partial charge < -0.3 is 11.1 Å². The van der Waals surface area contributed by atoms with Crippen molar-refractivity contribution in [2.75, 3.05) is 5.32 Å². The number of anilines is 1. The van der Waals surface area contributed by atoms with Gasteiger partial charge in [-0.15, -0.1) is 11.3 Å². The van der Waals surface area contributed by atoms with Gasteiger partial charge in [0.05, 0.1) is 5.00 Å². The Morgan fingerprint density at radius 3 is 2.80 bits per heavy atom. The molecule has 2 aliphatic carbocycles. The fourth-order valence-corrected chi connectivity index (χ4v) is 4.82. The van der Waals surface area contributed by atoms with Crippen LogP contribution < -0.4 is 11.1 Å². The van der Waals surface area contributed by atoms with E-state index in [0.29, 0.717) is 0 Å². The molecule has 0 aromatic carbocycles. The van der Waals surface area contributed by atoms with Gasteiger partial charge in [-0.05, 0) is 63.0 Å². The summed E-state index contributed by atoms with van der Waals surface area (Å²) in [7, 11) is 0. The summed E-state index contributed by atoms with van der Waals surface area (Å²) in [6, 6.07) is 0.206. The Balaban J connectivity index is 1.71. The molecule has 3 nitrogen and oxygen atoms in total. The van der Waals surface area contributed by atoms with E-state index < -0.39 is 0 Å². The predicted octanol–water partition coefficient (Wildman–Crippen LogP) is 3.39. The summed E-state index contributed by atoms with van der Waals surface area (Å²) >= 11 is 1.79. The Kier molecular flexibility index (Phi) is 4.13. The Morgan fingerprint density at radius 1 is 1.25 bits per heavy atom. The molecule has 110 valence electrons. The first-order valence-electron chi connectivity index (χ1n) is 7.82. The van der Waals surface area contributed by atoms with Crippen molar-refractivity contribution in [1.82, 2.24) is 0 Å². The molecule has 1 amide bonds. The summed E-state index contributed by atoms with van der Waals surface area (Å²) in [5.74, 6) is 0.291. The molecule has 1 saturated carbocycles. The van der Waals surface area contributed by atoms with Crippen LogP contribution in [-0.2, 0) is 17.6 Å². The van der Waals surface area contributed by atoms with Crippen LogP contribution in [-0.4, -0.2) is 11.9 Å². The predicted molar refractivity (Wildman–Crippen MR) is 84.3 cm³/mol. The SMILES string of the molecule is Cc1c(NC(=O)C2CCCC(N)C2)sc2c1CCCC2. The molecule has 1 aromatic heterocycles. The molecule has 3 rings (SSSR count). The van der Waals surface area contributed by atoms with Crippen molar-refractivity contribution < 1.29 is 4.79 Å². The third-order valence-electron chi connectivity index (χ3n) is 4.76. The second-order valence-corrected chi connectivity index (χ2v) is 7.38. The molecule has 20 heavy (non-hydrogen) atoms. The molecule has 4 heteroatoms. The van der Waals surface area contributed by atoms with E-state index >= 15 is 0 Å². The minimum absolute atomic E-state index is 0.109. The normalized spacial score (nSPS) is 26.1. The molecule has 1 heterocycles. The van der Waals surface area contributed by atoms with Gasteiger partial charge in [-0.3, -0.25) is 4.79 Å². The molecular formula is C16H24N2OS. The lowest BCUT2D eigenvalue weighted by molar-refractivity contribution is -0.120. The first kappa shape index (κ1) is 14.1. The highest BCUT2D eigenvalue weighted by Gasteiger charge is 2.27. The molecule has 1 fully saturated rings. The maximum absolute atomic E-state index is 12.4. The van der Waals surface area contributed by atoms with Crippen molar-refractivity contribution in [2.45, 2.75) is 64.3 Å². The summed E-state index contributed by atoms with van der Waals surface area (Å²) in [5, 5.41) is 4.27. The highest BCUT2D eigenvalue weighted by molar-refractivity contribution is 7.16. The van der Waals surface area contributed by atoms with Crippen LogP contribution in [0.25, 0.3) is 0 Å². The van der Waals surface area contributed by atoms with Crippen LogP contribution in [0.2, 0.25) is 0 Å². The van der Waals surface area contributed by atoms with Crippen LogP contribution in [0.1, 0.15) is 54.5 Å². The Morgan fingerprint density at radius 2 is 2.05 bits per heavy atom. The monoisotopic (exact) mass is 292 g/mol. The molecule has 1 aromatic rings. The van der Waals surface area contributed by atoms with E-state index in [9.17, 15) is 4.79 Å². The molecule has 0 aliphatic heterocycles. The maximum atomic E-state index is 12.4. The molecule has 0 spiro atoms. The molecule has 0 bridgehead atoms. The molecular weight excluding hydrogens is 268 g/mol. The van der Waals surface area contributed by atoms with E-state index in [1.165, 1.54) is 41.7 Å². The zero-order chi connectivity index (χ0) is 14.1. The largest absolute Gasteiger partial charge is 0.328 e. The number of hydrogen-bond acceptors (Lipinski definition) is 3. The highest BCUT2D eigenvalue weighted by Crippen LogP contribution is 2.38. The van der Waals surface area contributed by atoms with Gasteiger partial charge in [0, 0.05) is 16.8 Å². The van der Waals surface area contributed by atoms with Gasteiger partial charge in [0.2, 0.25) is 5.91 Å². The summed E-state index contributed by atoms with van der Waals surface area (Å²) < 4.78 is 0. The zero-order valence-corrected chi connectivity index (χ0v) is 13.0. The van der Waals surface area contributed by atoms with E-state index in [1.807, 2.05) is 0 Å². The van der Waals surface area contributed by atoms with Crippen LogP contribution in [0, 0.1) is 12.8 Å². The van der Waals surface area contributed by atoms with Crippen molar-refractivity contribution in [3.63, 3.8) is 0 Å². The van der Waals surface area contributed by atoms with Gasteiger partial charge >= 0.3 is 0 Å². The van der Waals surface area contributed by atoms with Gasteiger partial charge in [-0.1, -0.05) is 6.42 Å². The average Bonchev–Trinajstić information content (AvgIpc) is 2.76. The Hall–Kier alpha value is -0.870. The van der Waals surface area contributed by atoms with Crippen LogP contribution in [0.5, 0.6) is 0 Å². The van der Waals surface area contributed by atoms with Crippen LogP contribution in [0.15, 0.2) is 0 Å². The van der Waals surface area contributed by atoms with E-state index in [1.54, 1.807) is 11.3 Å². The number of fused-ring (bicyclic) bond motifs is 1. The number of carbonyl (C=O) groups excluding carboxylic acids is 1. The first-order chi connectivity index (χ1) is 9.65. The number of amides is 1. The van der Waals surface area contributed by atoms with Gasteiger partial charge in [0.25, 0.3) is 0 Å².